The van der Waals surface area contributed by atoms with Gasteiger partial charge in [-0.3, -0.25) is 4.57 Å². The van der Waals surface area contributed by atoms with E-state index in [9.17, 15) is 19.7 Å². The minimum absolute atomic E-state index is 0. The summed E-state index contributed by atoms with van der Waals surface area (Å²) in [5.74, 6) is 1.38. The summed E-state index contributed by atoms with van der Waals surface area (Å²) in [5.41, 5.74) is 0.989. The van der Waals surface area contributed by atoms with Crippen molar-refractivity contribution in [3.05, 3.63) is 54.1 Å². The van der Waals surface area contributed by atoms with Crippen LogP contribution in [0.25, 0.3) is 0 Å². The summed E-state index contributed by atoms with van der Waals surface area (Å²) >= 11 is 0. The Kier molecular flexibility index (Phi) is 11.8. The van der Waals surface area contributed by atoms with Crippen LogP contribution < -0.4 is 33.7 Å². The third-order valence-electron chi connectivity index (χ3n) is 5.73. The molecule has 9 heteroatoms. The molecule has 2 aromatic carbocycles. The van der Waals surface area contributed by atoms with Gasteiger partial charge in [-0.2, -0.15) is 0 Å². The van der Waals surface area contributed by atoms with Crippen molar-refractivity contribution in [2.45, 2.75) is 50.3 Å². The molecule has 0 bridgehead atoms. The van der Waals surface area contributed by atoms with Gasteiger partial charge in [-0.05, 0) is 67.8 Å². The Morgan fingerprint density at radius 3 is 2.27 bits per heavy atom. The van der Waals surface area contributed by atoms with Crippen molar-refractivity contribution in [2.75, 3.05) is 26.0 Å². The number of ether oxygens (including phenoxy) is 2. The molecular weight excluding hydrogens is 436 g/mol. The van der Waals surface area contributed by atoms with Crippen molar-refractivity contribution in [2.24, 2.45) is 0 Å². The van der Waals surface area contributed by atoms with E-state index in [0.717, 1.165) is 44.1 Å². The Balaban J connectivity index is 0.00000289. The zero-order valence-electron chi connectivity index (χ0n) is 20.4. The van der Waals surface area contributed by atoms with E-state index in [1.165, 1.54) is 12.1 Å². The van der Waals surface area contributed by atoms with Gasteiger partial charge in [0, 0.05) is 12.2 Å². The molecule has 178 valence electrons. The standard InChI is InChI=1S/C24H34NO6P.Li.H/c26-20-8-12-22(13-9-20)30-17-21(27)16-25-15-14-19-6-10-23(11-7-19)31-18-32(28,29)24-4-2-1-3-5-24;;/h6-13,21,24-27H,1-5,14-18H2,(H,28,29);;/q;+1;-1/t21-;;/m0../s1. The third kappa shape index (κ3) is 9.74. The summed E-state index contributed by atoms with van der Waals surface area (Å²) in [4.78, 5) is 10.3. The van der Waals surface area contributed by atoms with Crippen LogP contribution in [0.4, 0.5) is 0 Å². The first-order valence-electron chi connectivity index (χ1n) is 11.3. The molecule has 1 fully saturated rings. The topological polar surface area (TPSA) is 108 Å². The Morgan fingerprint density at radius 1 is 1.00 bits per heavy atom. The fraction of sp³-hybridized carbons (Fsp3) is 0.500. The van der Waals surface area contributed by atoms with Gasteiger partial charge in [-0.1, -0.05) is 31.4 Å². The zero-order chi connectivity index (χ0) is 22.8. The number of hydrogen-bond acceptors (Lipinski definition) is 6. The molecule has 0 radical (unpaired) electrons. The molecule has 2 aromatic rings. The quantitative estimate of drug-likeness (QED) is 0.208. The number of rotatable bonds is 12. The minimum atomic E-state index is -3.28. The molecule has 1 saturated carbocycles. The van der Waals surface area contributed by atoms with Crippen molar-refractivity contribution >= 4 is 7.37 Å². The van der Waals surface area contributed by atoms with E-state index in [2.05, 4.69) is 5.32 Å². The van der Waals surface area contributed by atoms with Crippen LogP contribution >= 0.6 is 7.37 Å². The number of aromatic hydroxyl groups is 1. The summed E-state index contributed by atoms with van der Waals surface area (Å²) in [6.07, 6.45) is 4.87. The molecule has 0 aromatic heterocycles. The number of aliphatic hydroxyl groups is 1. The molecule has 0 aliphatic heterocycles. The zero-order valence-corrected chi connectivity index (χ0v) is 20.3. The SMILES string of the molecule is O=P(O)(COc1ccc(CCNC[C@H](O)COc2ccc(O)cc2)cc1)C1CCCCC1.[H-].[Li+]. The Hall–Kier alpha value is -1.45. The molecule has 1 aliphatic rings. The first-order valence-corrected chi connectivity index (χ1v) is 13.2. The number of nitrogens with one attached hydrogen (secondary N) is 1. The first-order chi connectivity index (χ1) is 15.4. The van der Waals surface area contributed by atoms with Crippen LogP contribution in [-0.2, 0) is 11.0 Å². The average Bonchev–Trinajstić information content (AvgIpc) is 2.81. The summed E-state index contributed by atoms with van der Waals surface area (Å²) in [6.45, 7) is 1.27. The molecule has 4 N–H and O–H groups in total. The van der Waals surface area contributed by atoms with E-state index in [0.29, 0.717) is 24.6 Å². The van der Waals surface area contributed by atoms with Gasteiger partial charge in [0.2, 0.25) is 7.37 Å². The normalized spacial score (nSPS) is 16.9. The second-order valence-electron chi connectivity index (χ2n) is 8.38. The predicted octanol–water partition coefficient (Wildman–Crippen LogP) is 1.02. The molecule has 0 amide bonds. The van der Waals surface area contributed by atoms with Crippen molar-refractivity contribution in [1.82, 2.24) is 5.32 Å². The monoisotopic (exact) mass is 471 g/mol. The Bertz CT molecular complexity index is 865. The van der Waals surface area contributed by atoms with Crippen LogP contribution in [0.5, 0.6) is 17.2 Å². The van der Waals surface area contributed by atoms with Gasteiger partial charge in [-0.25, -0.2) is 0 Å². The molecule has 1 aliphatic carbocycles. The van der Waals surface area contributed by atoms with E-state index >= 15 is 0 Å². The molecule has 3 rings (SSSR count). The van der Waals surface area contributed by atoms with Gasteiger partial charge >= 0.3 is 18.9 Å². The van der Waals surface area contributed by atoms with Gasteiger partial charge in [0.15, 0.2) is 6.35 Å². The van der Waals surface area contributed by atoms with Crippen LogP contribution in [0, 0.1) is 0 Å². The molecule has 1 unspecified atom stereocenters. The summed E-state index contributed by atoms with van der Waals surface area (Å²) < 4.78 is 23.7. The maximum Gasteiger partial charge on any atom is 1.00 e. The molecule has 2 atom stereocenters. The van der Waals surface area contributed by atoms with Crippen LogP contribution in [0.3, 0.4) is 0 Å². The van der Waals surface area contributed by atoms with E-state index in [4.69, 9.17) is 9.47 Å². The van der Waals surface area contributed by atoms with Gasteiger partial charge < -0.3 is 31.3 Å². The number of phenols is 1. The number of benzene rings is 2. The maximum atomic E-state index is 12.6. The largest absolute Gasteiger partial charge is 1.00 e. The average molecular weight is 471 g/mol. The molecule has 33 heavy (non-hydrogen) atoms. The molecule has 7 nitrogen and oxygen atoms in total. The number of phenolic OH excluding ortho intramolecular Hbond substituents is 1. The molecular formula is C24H35LiNO6P. The van der Waals surface area contributed by atoms with E-state index in [1.807, 2.05) is 24.3 Å². The molecule has 0 heterocycles. The van der Waals surface area contributed by atoms with Crippen molar-refractivity contribution in [3.8, 4) is 17.2 Å². The Labute approximate surface area is 209 Å². The van der Waals surface area contributed by atoms with Crippen LogP contribution in [-0.4, -0.2) is 52.9 Å². The number of hydrogen-bond donors (Lipinski definition) is 4. The second kappa shape index (κ2) is 14.1. The maximum absolute atomic E-state index is 12.6. The van der Waals surface area contributed by atoms with Crippen molar-refractivity contribution in [1.29, 1.82) is 0 Å². The van der Waals surface area contributed by atoms with Crippen molar-refractivity contribution in [3.63, 3.8) is 0 Å². The summed E-state index contributed by atoms with van der Waals surface area (Å²) in [7, 11) is -3.28. The minimum Gasteiger partial charge on any atom is -1.00 e. The van der Waals surface area contributed by atoms with Crippen molar-refractivity contribution < 1.29 is 49.4 Å². The van der Waals surface area contributed by atoms with E-state index in [1.54, 1.807) is 12.1 Å². The Morgan fingerprint density at radius 2 is 1.61 bits per heavy atom. The molecule has 0 spiro atoms. The fourth-order valence-corrected chi connectivity index (χ4v) is 5.52. The van der Waals surface area contributed by atoms with E-state index in [-0.39, 0.29) is 44.7 Å². The van der Waals surface area contributed by atoms with Gasteiger partial charge in [0.05, 0.1) is 0 Å². The smallest absolute Gasteiger partial charge is 1.00 e. The van der Waals surface area contributed by atoms with E-state index < -0.39 is 13.5 Å². The summed E-state index contributed by atoms with van der Waals surface area (Å²) in [6, 6.07) is 13.9. The summed E-state index contributed by atoms with van der Waals surface area (Å²) in [5, 5.41) is 22.5. The number of aliphatic hydroxyl groups excluding tert-OH is 1. The fourth-order valence-electron chi connectivity index (χ4n) is 3.80. The van der Waals surface area contributed by atoms with Gasteiger partial charge in [0.1, 0.15) is 30.0 Å². The van der Waals surface area contributed by atoms with Crippen LogP contribution in [0.1, 0.15) is 39.1 Å². The third-order valence-corrected chi connectivity index (χ3v) is 7.89. The second-order valence-corrected chi connectivity index (χ2v) is 10.9. The van der Waals surface area contributed by atoms with Crippen LogP contribution in [0.15, 0.2) is 48.5 Å². The van der Waals surface area contributed by atoms with Crippen LogP contribution in [0.2, 0.25) is 0 Å². The predicted molar refractivity (Wildman–Crippen MR) is 126 cm³/mol. The molecule has 0 saturated heterocycles. The van der Waals surface area contributed by atoms with Gasteiger partial charge in [0.25, 0.3) is 0 Å². The van der Waals surface area contributed by atoms with Gasteiger partial charge in [-0.15, -0.1) is 0 Å². The first kappa shape index (κ1) is 27.8.